The Hall–Kier alpha value is -1.18. The molecule has 0 spiro atoms. The summed E-state index contributed by atoms with van der Waals surface area (Å²) in [5.41, 5.74) is 0. The van der Waals surface area contributed by atoms with E-state index >= 15 is 0 Å². The molecular formula is C10H18N4O2S. The van der Waals surface area contributed by atoms with Gasteiger partial charge in [0.1, 0.15) is 10.7 Å². The molecular weight excluding hydrogens is 240 g/mol. The zero-order valence-corrected chi connectivity index (χ0v) is 11.1. The molecule has 0 saturated carbocycles. The molecule has 0 radical (unpaired) electrons. The molecule has 1 rings (SSSR count). The van der Waals surface area contributed by atoms with Crippen LogP contribution in [0.1, 0.15) is 13.3 Å². The quantitative estimate of drug-likeness (QED) is 0.733. The average molecular weight is 258 g/mol. The van der Waals surface area contributed by atoms with E-state index in [1.54, 1.807) is 26.4 Å². The van der Waals surface area contributed by atoms with E-state index in [4.69, 9.17) is 0 Å². The SMILES string of the molecule is CCCNc1ncccc1S(=O)(=O)NN(C)C. The zero-order valence-electron chi connectivity index (χ0n) is 10.3. The Kier molecular flexibility index (Phi) is 4.86. The Morgan fingerprint density at radius 1 is 1.41 bits per heavy atom. The average Bonchev–Trinajstić information content (AvgIpc) is 2.25. The lowest BCUT2D eigenvalue weighted by Gasteiger charge is -2.15. The van der Waals surface area contributed by atoms with E-state index in [1.165, 1.54) is 11.1 Å². The molecule has 0 aliphatic carbocycles. The predicted molar refractivity (Wildman–Crippen MR) is 67.0 cm³/mol. The number of aromatic nitrogens is 1. The van der Waals surface area contributed by atoms with Gasteiger partial charge in [0.05, 0.1) is 0 Å². The number of nitrogens with zero attached hydrogens (tertiary/aromatic N) is 2. The molecule has 7 heteroatoms. The minimum Gasteiger partial charge on any atom is -0.369 e. The smallest absolute Gasteiger partial charge is 0.257 e. The zero-order chi connectivity index (χ0) is 12.9. The van der Waals surface area contributed by atoms with Crippen molar-refractivity contribution in [2.75, 3.05) is 26.0 Å². The van der Waals surface area contributed by atoms with Crippen molar-refractivity contribution < 1.29 is 8.42 Å². The highest BCUT2D eigenvalue weighted by Crippen LogP contribution is 2.17. The van der Waals surface area contributed by atoms with E-state index in [9.17, 15) is 8.42 Å². The van der Waals surface area contributed by atoms with Crippen LogP contribution in [0.25, 0.3) is 0 Å². The lowest BCUT2D eigenvalue weighted by molar-refractivity contribution is 0.364. The van der Waals surface area contributed by atoms with E-state index in [2.05, 4.69) is 15.1 Å². The highest BCUT2D eigenvalue weighted by molar-refractivity contribution is 7.89. The fourth-order valence-electron chi connectivity index (χ4n) is 1.27. The van der Waals surface area contributed by atoms with Gasteiger partial charge in [-0.2, -0.15) is 0 Å². The van der Waals surface area contributed by atoms with Crippen molar-refractivity contribution in [2.45, 2.75) is 18.2 Å². The summed E-state index contributed by atoms with van der Waals surface area (Å²) in [4.78, 5) is 6.57. The maximum Gasteiger partial charge on any atom is 0.257 e. The molecule has 17 heavy (non-hydrogen) atoms. The molecule has 0 amide bonds. The summed E-state index contributed by atoms with van der Waals surface area (Å²) in [5, 5.41) is 4.37. The van der Waals surface area contributed by atoms with Crippen LogP contribution in [0.3, 0.4) is 0 Å². The lowest BCUT2D eigenvalue weighted by Crippen LogP contribution is -2.36. The molecule has 96 valence electrons. The van der Waals surface area contributed by atoms with Gasteiger partial charge in [0, 0.05) is 26.8 Å². The van der Waals surface area contributed by atoms with Crippen LogP contribution in [0.4, 0.5) is 5.82 Å². The molecule has 0 atom stereocenters. The third-order valence-electron chi connectivity index (χ3n) is 1.91. The fourth-order valence-corrected chi connectivity index (χ4v) is 2.49. The topological polar surface area (TPSA) is 74.3 Å². The van der Waals surface area contributed by atoms with Crippen LogP contribution in [-0.4, -0.2) is 39.1 Å². The Balaban J connectivity index is 3.04. The van der Waals surface area contributed by atoms with Crippen molar-refractivity contribution in [3.05, 3.63) is 18.3 Å². The fraction of sp³-hybridized carbons (Fsp3) is 0.500. The van der Waals surface area contributed by atoms with Gasteiger partial charge in [0.15, 0.2) is 0 Å². The van der Waals surface area contributed by atoms with Gasteiger partial charge in [0.25, 0.3) is 10.0 Å². The van der Waals surface area contributed by atoms with Gasteiger partial charge in [-0.1, -0.05) is 6.92 Å². The van der Waals surface area contributed by atoms with Crippen LogP contribution < -0.4 is 10.1 Å². The standard InChI is InChI=1S/C10H18N4O2S/c1-4-7-11-10-9(6-5-8-12-10)17(15,16)13-14(2)3/h5-6,8,13H,4,7H2,1-3H3,(H,11,12). The van der Waals surface area contributed by atoms with E-state index in [0.29, 0.717) is 12.4 Å². The van der Waals surface area contributed by atoms with Crippen LogP contribution >= 0.6 is 0 Å². The van der Waals surface area contributed by atoms with Crippen molar-refractivity contribution in [1.82, 2.24) is 14.8 Å². The van der Waals surface area contributed by atoms with Crippen LogP contribution in [0.15, 0.2) is 23.2 Å². The first-order valence-electron chi connectivity index (χ1n) is 5.36. The van der Waals surface area contributed by atoms with Gasteiger partial charge in [0.2, 0.25) is 0 Å². The largest absolute Gasteiger partial charge is 0.369 e. The minimum absolute atomic E-state index is 0.155. The first-order valence-corrected chi connectivity index (χ1v) is 6.84. The maximum absolute atomic E-state index is 12.0. The number of hydrazine groups is 1. The predicted octanol–water partition coefficient (Wildman–Crippen LogP) is 0.658. The second kappa shape index (κ2) is 5.95. The Bertz CT molecular complexity index is 459. The van der Waals surface area contributed by atoms with Crippen molar-refractivity contribution >= 4 is 15.8 Å². The third-order valence-corrected chi connectivity index (χ3v) is 3.42. The molecule has 6 nitrogen and oxygen atoms in total. The third kappa shape index (κ3) is 3.95. The Labute approximate surface area is 102 Å². The molecule has 1 aromatic heterocycles. The number of sulfonamides is 1. The van der Waals surface area contributed by atoms with Gasteiger partial charge in [-0.25, -0.2) is 18.4 Å². The summed E-state index contributed by atoms with van der Waals surface area (Å²) in [6.45, 7) is 2.68. The van der Waals surface area contributed by atoms with Crippen molar-refractivity contribution in [2.24, 2.45) is 0 Å². The summed E-state index contributed by atoms with van der Waals surface area (Å²) in [6, 6.07) is 3.12. The lowest BCUT2D eigenvalue weighted by atomic mass is 10.4. The second-order valence-electron chi connectivity index (χ2n) is 3.77. The summed E-state index contributed by atoms with van der Waals surface area (Å²) < 4.78 is 24.0. The van der Waals surface area contributed by atoms with E-state index in [1.807, 2.05) is 6.92 Å². The molecule has 0 aliphatic heterocycles. The van der Waals surface area contributed by atoms with Gasteiger partial charge in [-0.3, -0.25) is 0 Å². The first-order chi connectivity index (χ1) is 7.97. The molecule has 1 aromatic rings. The van der Waals surface area contributed by atoms with E-state index in [0.717, 1.165) is 6.42 Å². The number of nitrogens with one attached hydrogen (secondary N) is 2. The molecule has 0 bridgehead atoms. The summed E-state index contributed by atoms with van der Waals surface area (Å²) >= 11 is 0. The van der Waals surface area contributed by atoms with Crippen LogP contribution in [-0.2, 0) is 10.0 Å². The summed E-state index contributed by atoms with van der Waals surface area (Å²) in [5.74, 6) is 0.378. The second-order valence-corrected chi connectivity index (χ2v) is 5.40. The molecule has 0 aromatic carbocycles. The highest BCUT2D eigenvalue weighted by atomic mass is 32.2. The Morgan fingerprint density at radius 2 is 2.12 bits per heavy atom. The number of anilines is 1. The van der Waals surface area contributed by atoms with E-state index in [-0.39, 0.29) is 4.90 Å². The molecule has 0 aliphatic rings. The minimum atomic E-state index is -3.57. The summed E-state index contributed by atoms with van der Waals surface area (Å²) in [7, 11) is -0.333. The normalized spacial score (nSPS) is 11.8. The van der Waals surface area contributed by atoms with Crippen LogP contribution in [0.5, 0.6) is 0 Å². The number of hydrogen-bond acceptors (Lipinski definition) is 5. The maximum atomic E-state index is 12.0. The highest BCUT2D eigenvalue weighted by Gasteiger charge is 2.19. The molecule has 0 unspecified atom stereocenters. The molecule has 0 fully saturated rings. The van der Waals surface area contributed by atoms with E-state index < -0.39 is 10.0 Å². The molecule has 0 saturated heterocycles. The number of pyridine rings is 1. The van der Waals surface area contributed by atoms with Gasteiger partial charge >= 0.3 is 0 Å². The monoisotopic (exact) mass is 258 g/mol. The summed E-state index contributed by atoms with van der Waals surface area (Å²) in [6.07, 6.45) is 2.46. The molecule has 1 heterocycles. The Morgan fingerprint density at radius 3 is 2.71 bits per heavy atom. The van der Waals surface area contributed by atoms with Crippen molar-refractivity contribution in [3.8, 4) is 0 Å². The molecule has 2 N–H and O–H groups in total. The van der Waals surface area contributed by atoms with Gasteiger partial charge in [-0.05, 0) is 18.6 Å². The van der Waals surface area contributed by atoms with Crippen LogP contribution in [0, 0.1) is 0 Å². The number of hydrogen-bond donors (Lipinski definition) is 2. The van der Waals surface area contributed by atoms with Crippen LogP contribution in [0.2, 0.25) is 0 Å². The van der Waals surface area contributed by atoms with Crippen molar-refractivity contribution in [3.63, 3.8) is 0 Å². The van der Waals surface area contributed by atoms with Crippen molar-refractivity contribution in [1.29, 1.82) is 0 Å². The number of rotatable bonds is 6. The van der Waals surface area contributed by atoms with Gasteiger partial charge in [-0.15, -0.1) is 4.83 Å². The first kappa shape index (κ1) is 13.9. The van der Waals surface area contributed by atoms with Gasteiger partial charge < -0.3 is 5.32 Å².